The number of aromatic nitrogens is 7. The topological polar surface area (TPSA) is 69.2 Å². The average Bonchev–Trinajstić information content (AvgIpc) is 3.35. The SMILES string of the molecule is CCn1cc(Cl)c(-c2n[nH]c(=S)n2-c2cnn(Cc3ccc(C)cc3)c2)n1. The van der Waals surface area contributed by atoms with Crippen molar-refractivity contribution in [2.24, 2.45) is 0 Å². The molecule has 1 aromatic carbocycles. The molecule has 138 valence electrons. The van der Waals surface area contributed by atoms with Gasteiger partial charge in [0.25, 0.3) is 0 Å². The van der Waals surface area contributed by atoms with Crippen LogP contribution in [-0.2, 0) is 13.1 Å². The van der Waals surface area contributed by atoms with Crippen LogP contribution in [0.4, 0.5) is 0 Å². The highest BCUT2D eigenvalue weighted by Crippen LogP contribution is 2.27. The van der Waals surface area contributed by atoms with E-state index in [-0.39, 0.29) is 0 Å². The molecule has 1 N–H and O–H groups in total. The predicted molar refractivity (Wildman–Crippen MR) is 107 cm³/mol. The minimum absolute atomic E-state index is 0.460. The van der Waals surface area contributed by atoms with Gasteiger partial charge in [-0.15, -0.1) is 0 Å². The summed E-state index contributed by atoms with van der Waals surface area (Å²) in [5.41, 5.74) is 3.80. The third-order valence-corrected chi connectivity index (χ3v) is 4.82. The first-order chi connectivity index (χ1) is 13.0. The van der Waals surface area contributed by atoms with Gasteiger partial charge in [-0.25, -0.2) is 0 Å². The first kappa shape index (κ1) is 17.7. The normalized spacial score (nSPS) is 11.2. The summed E-state index contributed by atoms with van der Waals surface area (Å²) in [7, 11) is 0. The Morgan fingerprint density at radius 3 is 2.63 bits per heavy atom. The van der Waals surface area contributed by atoms with Crippen molar-refractivity contribution in [3.63, 3.8) is 0 Å². The molecule has 0 saturated heterocycles. The maximum atomic E-state index is 6.35. The lowest BCUT2D eigenvalue weighted by Crippen LogP contribution is -2.01. The number of halogens is 1. The van der Waals surface area contributed by atoms with Crippen LogP contribution in [0, 0.1) is 11.7 Å². The van der Waals surface area contributed by atoms with Crippen molar-refractivity contribution < 1.29 is 0 Å². The summed E-state index contributed by atoms with van der Waals surface area (Å²) in [5, 5.41) is 16.6. The summed E-state index contributed by atoms with van der Waals surface area (Å²) in [6, 6.07) is 8.39. The van der Waals surface area contributed by atoms with Crippen molar-refractivity contribution in [3.05, 3.63) is 63.8 Å². The Balaban J connectivity index is 1.69. The summed E-state index contributed by atoms with van der Waals surface area (Å²) in [6.45, 7) is 5.47. The van der Waals surface area contributed by atoms with Crippen LogP contribution in [0.1, 0.15) is 18.1 Å². The van der Waals surface area contributed by atoms with Crippen LogP contribution in [0.15, 0.2) is 42.9 Å². The Labute approximate surface area is 166 Å². The fraction of sp³-hybridized carbons (Fsp3) is 0.222. The monoisotopic (exact) mass is 399 g/mol. The molecule has 0 unspecified atom stereocenters. The number of aryl methyl sites for hydroxylation is 2. The van der Waals surface area contributed by atoms with Crippen LogP contribution in [0.3, 0.4) is 0 Å². The predicted octanol–water partition coefficient (Wildman–Crippen LogP) is 4.02. The Hall–Kier alpha value is -2.71. The van der Waals surface area contributed by atoms with Crippen LogP contribution in [0.2, 0.25) is 5.02 Å². The highest BCUT2D eigenvalue weighted by atomic mass is 35.5. The van der Waals surface area contributed by atoms with Gasteiger partial charge in [-0.05, 0) is 31.6 Å². The van der Waals surface area contributed by atoms with E-state index in [1.165, 1.54) is 11.1 Å². The molecule has 0 radical (unpaired) electrons. The molecule has 0 spiro atoms. The molecule has 4 aromatic rings. The van der Waals surface area contributed by atoms with Gasteiger partial charge in [-0.2, -0.15) is 15.3 Å². The highest BCUT2D eigenvalue weighted by molar-refractivity contribution is 7.71. The number of hydrogen-bond acceptors (Lipinski definition) is 4. The van der Waals surface area contributed by atoms with Gasteiger partial charge in [0.1, 0.15) is 5.69 Å². The van der Waals surface area contributed by atoms with Crippen LogP contribution in [0.25, 0.3) is 17.2 Å². The molecule has 9 heteroatoms. The van der Waals surface area contributed by atoms with E-state index in [2.05, 4.69) is 51.6 Å². The third kappa shape index (κ3) is 3.45. The molecule has 7 nitrogen and oxygen atoms in total. The summed E-state index contributed by atoms with van der Waals surface area (Å²) in [4.78, 5) is 0. The molecule has 0 aliphatic rings. The molecule has 0 aliphatic carbocycles. The van der Waals surface area contributed by atoms with Crippen LogP contribution in [-0.4, -0.2) is 34.3 Å². The standard InChI is InChI=1S/C18H18ClN7S/c1-3-24-11-15(19)16(23-24)17-21-22-18(27)26(17)14-8-20-25(10-14)9-13-6-4-12(2)5-7-13/h4-8,10-11H,3,9H2,1-2H3,(H,22,27). The molecule has 0 amide bonds. The zero-order chi connectivity index (χ0) is 19.0. The van der Waals surface area contributed by atoms with Gasteiger partial charge in [0.05, 0.1) is 23.5 Å². The Morgan fingerprint density at radius 2 is 1.93 bits per heavy atom. The maximum Gasteiger partial charge on any atom is 0.200 e. The fourth-order valence-corrected chi connectivity index (χ4v) is 3.31. The second-order valence-electron chi connectivity index (χ2n) is 6.25. The van der Waals surface area contributed by atoms with E-state index >= 15 is 0 Å². The molecule has 0 atom stereocenters. The molecular formula is C18H18ClN7S. The van der Waals surface area contributed by atoms with Crippen molar-refractivity contribution >= 4 is 23.8 Å². The van der Waals surface area contributed by atoms with Gasteiger partial charge in [0, 0.05) is 18.9 Å². The Bertz CT molecular complexity index is 1130. The largest absolute Gasteiger partial charge is 0.271 e. The first-order valence-corrected chi connectivity index (χ1v) is 9.33. The number of hydrogen-bond donors (Lipinski definition) is 1. The van der Waals surface area contributed by atoms with Gasteiger partial charge < -0.3 is 0 Å². The number of H-pyrrole nitrogens is 1. The van der Waals surface area contributed by atoms with Crippen molar-refractivity contribution in [1.82, 2.24) is 34.3 Å². The second kappa shape index (κ2) is 7.13. The number of nitrogens with one attached hydrogen (secondary N) is 1. The van der Waals surface area contributed by atoms with Gasteiger partial charge in [-0.3, -0.25) is 19.0 Å². The molecule has 0 fully saturated rings. The highest BCUT2D eigenvalue weighted by Gasteiger charge is 2.18. The third-order valence-electron chi connectivity index (χ3n) is 4.27. The number of nitrogens with zero attached hydrogens (tertiary/aromatic N) is 6. The zero-order valence-electron chi connectivity index (χ0n) is 14.9. The number of aromatic amines is 1. The van der Waals surface area contributed by atoms with E-state index in [0.717, 1.165) is 12.2 Å². The van der Waals surface area contributed by atoms with E-state index in [1.54, 1.807) is 21.6 Å². The maximum absolute atomic E-state index is 6.35. The summed E-state index contributed by atoms with van der Waals surface area (Å²) in [6.07, 6.45) is 5.47. The van der Waals surface area contributed by atoms with Crippen molar-refractivity contribution in [3.8, 4) is 17.2 Å². The molecule has 0 saturated carbocycles. The molecular weight excluding hydrogens is 382 g/mol. The van der Waals surface area contributed by atoms with Crippen LogP contribution < -0.4 is 0 Å². The average molecular weight is 400 g/mol. The zero-order valence-corrected chi connectivity index (χ0v) is 16.5. The quantitative estimate of drug-likeness (QED) is 0.514. The summed E-state index contributed by atoms with van der Waals surface area (Å²) < 4.78 is 5.88. The summed E-state index contributed by atoms with van der Waals surface area (Å²) >= 11 is 11.8. The molecule has 3 heterocycles. The lowest BCUT2D eigenvalue weighted by Gasteiger charge is -2.03. The minimum atomic E-state index is 0.460. The Kier molecular flexibility index (Phi) is 4.67. The van der Waals surface area contributed by atoms with E-state index in [0.29, 0.717) is 27.9 Å². The van der Waals surface area contributed by atoms with Crippen LogP contribution in [0.5, 0.6) is 0 Å². The minimum Gasteiger partial charge on any atom is -0.271 e. The summed E-state index contributed by atoms with van der Waals surface area (Å²) in [5.74, 6) is 0.562. The van der Waals surface area contributed by atoms with E-state index in [1.807, 2.05) is 17.8 Å². The molecule has 0 aliphatic heterocycles. The smallest absolute Gasteiger partial charge is 0.200 e. The molecule has 27 heavy (non-hydrogen) atoms. The van der Waals surface area contributed by atoms with E-state index in [4.69, 9.17) is 23.8 Å². The lowest BCUT2D eigenvalue weighted by molar-refractivity contribution is 0.660. The first-order valence-electron chi connectivity index (χ1n) is 8.54. The molecule has 4 rings (SSSR count). The van der Waals surface area contributed by atoms with Crippen molar-refractivity contribution in [2.75, 3.05) is 0 Å². The van der Waals surface area contributed by atoms with E-state index < -0.39 is 0 Å². The lowest BCUT2D eigenvalue weighted by atomic mass is 10.1. The number of rotatable bonds is 5. The van der Waals surface area contributed by atoms with Crippen molar-refractivity contribution in [1.29, 1.82) is 0 Å². The van der Waals surface area contributed by atoms with E-state index in [9.17, 15) is 0 Å². The van der Waals surface area contributed by atoms with Gasteiger partial charge >= 0.3 is 0 Å². The molecule has 3 aromatic heterocycles. The van der Waals surface area contributed by atoms with Crippen molar-refractivity contribution in [2.45, 2.75) is 26.9 Å². The number of benzene rings is 1. The van der Waals surface area contributed by atoms with Gasteiger partial charge in [-0.1, -0.05) is 41.4 Å². The second-order valence-corrected chi connectivity index (χ2v) is 7.04. The Morgan fingerprint density at radius 1 is 1.15 bits per heavy atom. The van der Waals surface area contributed by atoms with Gasteiger partial charge in [0.2, 0.25) is 0 Å². The van der Waals surface area contributed by atoms with Gasteiger partial charge in [0.15, 0.2) is 10.6 Å². The molecule has 0 bridgehead atoms. The van der Waals surface area contributed by atoms with Crippen LogP contribution >= 0.6 is 23.8 Å². The fourth-order valence-electron chi connectivity index (χ4n) is 2.84.